The summed E-state index contributed by atoms with van der Waals surface area (Å²) < 4.78 is 10.7. The van der Waals surface area contributed by atoms with Gasteiger partial charge in [0.25, 0.3) is 5.22 Å². The van der Waals surface area contributed by atoms with E-state index >= 15 is 0 Å². The van der Waals surface area contributed by atoms with E-state index in [1.54, 1.807) is 19.2 Å². The quantitative estimate of drug-likeness (QED) is 0.619. The monoisotopic (exact) mass is 389 g/mol. The average Bonchev–Trinajstić information content (AvgIpc) is 3.15. The van der Waals surface area contributed by atoms with Crippen molar-refractivity contribution in [3.05, 3.63) is 59.1 Å². The molecular weight excluding hydrogens is 374 g/mol. The standard InChI is InChI=1S/C18H16ClN3O3S/c1-24-15-8-4-13(5-9-15)17-21-22-18(25-17)26-11-16(23)20-10-12-2-6-14(19)7-3-12/h2-9H,10-11H2,1H3,(H,20,23). The molecule has 8 heteroatoms. The van der Waals surface area contributed by atoms with Gasteiger partial charge in [0.2, 0.25) is 11.8 Å². The van der Waals surface area contributed by atoms with Gasteiger partial charge >= 0.3 is 0 Å². The van der Waals surface area contributed by atoms with Gasteiger partial charge in [-0.15, -0.1) is 10.2 Å². The fraction of sp³-hybridized carbons (Fsp3) is 0.167. The van der Waals surface area contributed by atoms with Crippen LogP contribution in [0.5, 0.6) is 5.75 Å². The fourth-order valence-corrected chi connectivity index (χ4v) is 2.82. The van der Waals surface area contributed by atoms with Gasteiger partial charge in [0.05, 0.1) is 12.9 Å². The largest absolute Gasteiger partial charge is 0.497 e. The second-order valence-corrected chi connectivity index (χ2v) is 6.66. The number of carbonyl (C=O) groups excluding carboxylic acids is 1. The first-order chi connectivity index (χ1) is 12.6. The Morgan fingerprint density at radius 1 is 1.15 bits per heavy atom. The van der Waals surface area contributed by atoms with Crippen molar-refractivity contribution in [1.82, 2.24) is 15.5 Å². The third-order valence-corrected chi connectivity index (χ3v) is 4.54. The lowest BCUT2D eigenvalue weighted by atomic mass is 10.2. The Kier molecular flexibility index (Phi) is 6.14. The van der Waals surface area contributed by atoms with Crippen LogP contribution in [-0.2, 0) is 11.3 Å². The predicted octanol–water partition coefficient (Wildman–Crippen LogP) is 3.81. The van der Waals surface area contributed by atoms with E-state index < -0.39 is 0 Å². The molecule has 1 heterocycles. The molecule has 0 radical (unpaired) electrons. The van der Waals surface area contributed by atoms with Crippen molar-refractivity contribution in [3.8, 4) is 17.2 Å². The van der Waals surface area contributed by atoms with Gasteiger partial charge in [-0.2, -0.15) is 0 Å². The number of methoxy groups -OCH3 is 1. The number of hydrogen-bond acceptors (Lipinski definition) is 6. The second kappa shape index (κ2) is 8.73. The summed E-state index contributed by atoms with van der Waals surface area (Å²) in [6.07, 6.45) is 0. The van der Waals surface area contributed by atoms with Crippen molar-refractivity contribution < 1.29 is 13.9 Å². The molecule has 0 fully saturated rings. The van der Waals surface area contributed by atoms with Crippen LogP contribution in [0.1, 0.15) is 5.56 Å². The SMILES string of the molecule is COc1ccc(-c2nnc(SCC(=O)NCc3ccc(Cl)cc3)o2)cc1. The molecule has 26 heavy (non-hydrogen) atoms. The predicted molar refractivity (Wildman–Crippen MR) is 100 cm³/mol. The van der Waals surface area contributed by atoms with Crippen molar-refractivity contribution in [2.24, 2.45) is 0 Å². The molecule has 1 aromatic heterocycles. The summed E-state index contributed by atoms with van der Waals surface area (Å²) in [5.41, 5.74) is 1.77. The second-order valence-electron chi connectivity index (χ2n) is 5.29. The highest BCUT2D eigenvalue weighted by Crippen LogP contribution is 2.24. The highest BCUT2D eigenvalue weighted by Gasteiger charge is 2.11. The number of thioether (sulfide) groups is 1. The van der Waals surface area contributed by atoms with Crippen molar-refractivity contribution in [1.29, 1.82) is 0 Å². The Hall–Kier alpha value is -2.51. The molecule has 1 amide bonds. The molecule has 0 bridgehead atoms. The summed E-state index contributed by atoms with van der Waals surface area (Å²) >= 11 is 7.02. The highest BCUT2D eigenvalue weighted by atomic mass is 35.5. The lowest BCUT2D eigenvalue weighted by Crippen LogP contribution is -2.24. The first-order valence-corrected chi connectivity index (χ1v) is 9.12. The van der Waals surface area contributed by atoms with Crippen LogP contribution in [0, 0.1) is 0 Å². The van der Waals surface area contributed by atoms with E-state index in [1.165, 1.54) is 11.8 Å². The zero-order chi connectivity index (χ0) is 18.4. The normalized spacial score (nSPS) is 10.5. The van der Waals surface area contributed by atoms with E-state index in [0.29, 0.717) is 22.7 Å². The van der Waals surface area contributed by atoms with Gasteiger partial charge in [-0.3, -0.25) is 4.79 Å². The fourth-order valence-electron chi connectivity index (χ4n) is 2.10. The number of aromatic nitrogens is 2. The van der Waals surface area contributed by atoms with Crippen molar-refractivity contribution >= 4 is 29.3 Å². The molecule has 2 aromatic carbocycles. The van der Waals surface area contributed by atoms with Gasteiger partial charge in [-0.05, 0) is 42.0 Å². The summed E-state index contributed by atoms with van der Waals surface area (Å²) in [7, 11) is 1.61. The number of rotatable bonds is 7. The third-order valence-electron chi connectivity index (χ3n) is 3.47. The number of carbonyl (C=O) groups is 1. The van der Waals surface area contributed by atoms with Crippen LogP contribution in [0.4, 0.5) is 0 Å². The van der Waals surface area contributed by atoms with Crippen molar-refractivity contribution in [2.75, 3.05) is 12.9 Å². The lowest BCUT2D eigenvalue weighted by Gasteiger charge is -2.04. The van der Waals surface area contributed by atoms with Crippen LogP contribution >= 0.6 is 23.4 Å². The zero-order valence-corrected chi connectivity index (χ0v) is 15.5. The van der Waals surface area contributed by atoms with Crippen molar-refractivity contribution in [2.45, 2.75) is 11.8 Å². The van der Waals surface area contributed by atoms with Crippen LogP contribution in [0.3, 0.4) is 0 Å². The molecule has 0 aliphatic heterocycles. The smallest absolute Gasteiger partial charge is 0.277 e. The summed E-state index contributed by atoms with van der Waals surface area (Å²) in [4.78, 5) is 11.9. The van der Waals surface area contributed by atoms with Crippen LogP contribution < -0.4 is 10.1 Å². The molecule has 134 valence electrons. The molecule has 0 aliphatic carbocycles. The molecule has 3 aromatic rings. The zero-order valence-electron chi connectivity index (χ0n) is 13.9. The maximum atomic E-state index is 11.9. The minimum Gasteiger partial charge on any atom is -0.497 e. The van der Waals surface area contributed by atoms with Gasteiger partial charge in [-0.25, -0.2) is 0 Å². The Morgan fingerprint density at radius 2 is 1.88 bits per heavy atom. The third kappa shape index (κ3) is 5.00. The Balaban J connectivity index is 1.49. The van der Waals surface area contributed by atoms with E-state index in [2.05, 4.69) is 15.5 Å². The summed E-state index contributed by atoms with van der Waals surface area (Å²) in [6.45, 7) is 0.442. The van der Waals surface area contributed by atoms with Gasteiger partial charge in [0.15, 0.2) is 0 Å². The van der Waals surface area contributed by atoms with E-state index in [1.807, 2.05) is 36.4 Å². The molecule has 0 atom stereocenters. The van der Waals surface area contributed by atoms with Crippen LogP contribution in [0.25, 0.3) is 11.5 Å². The number of hydrogen-bond donors (Lipinski definition) is 1. The Labute approximate surface area is 159 Å². The van der Waals surface area contributed by atoms with E-state index in [-0.39, 0.29) is 11.7 Å². The number of nitrogens with one attached hydrogen (secondary N) is 1. The van der Waals surface area contributed by atoms with Crippen LogP contribution in [-0.4, -0.2) is 29.0 Å². The van der Waals surface area contributed by atoms with Crippen molar-refractivity contribution in [3.63, 3.8) is 0 Å². The molecule has 0 spiro atoms. The molecule has 0 aliphatic rings. The number of ether oxygens (including phenoxy) is 1. The molecule has 0 unspecified atom stereocenters. The molecule has 6 nitrogen and oxygen atoms in total. The highest BCUT2D eigenvalue weighted by molar-refractivity contribution is 7.99. The minimum atomic E-state index is -0.117. The number of halogens is 1. The Morgan fingerprint density at radius 3 is 2.58 bits per heavy atom. The first kappa shape index (κ1) is 18.3. The molecular formula is C18H16ClN3O3S. The number of nitrogens with zero attached hydrogens (tertiary/aromatic N) is 2. The van der Waals surface area contributed by atoms with E-state index in [9.17, 15) is 4.79 Å². The van der Waals surface area contributed by atoms with Gasteiger partial charge in [-0.1, -0.05) is 35.5 Å². The topological polar surface area (TPSA) is 77.2 Å². The summed E-state index contributed by atoms with van der Waals surface area (Å²) in [5.74, 6) is 1.23. The molecule has 3 rings (SSSR count). The maximum absolute atomic E-state index is 11.9. The average molecular weight is 390 g/mol. The molecule has 0 saturated carbocycles. The number of amides is 1. The number of benzene rings is 2. The summed E-state index contributed by atoms with van der Waals surface area (Å²) in [6, 6.07) is 14.6. The Bertz CT molecular complexity index is 866. The first-order valence-electron chi connectivity index (χ1n) is 7.76. The van der Waals surface area contributed by atoms with Gasteiger partial charge < -0.3 is 14.5 Å². The summed E-state index contributed by atoms with van der Waals surface area (Å²) in [5, 5.41) is 11.8. The lowest BCUT2D eigenvalue weighted by molar-refractivity contribution is -0.118. The van der Waals surface area contributed by atoms with Gasteiger partial charge in [0.1, 0.15) is 5.75 Å². The van der Waals surface area contributed by atoms with Crippen LogP contribution in [0.15, 0.2) is 58.2 Å². The minimum absolute atomic E-state index is 0.117. The van der Waals surface area contributed by atoms with E-state index in [4.69, 9.17) is 20.8 Å². The van der Waals surface area contributed by atoms with Crippen LogP contribution in [0.2, 0.25) is 5.02 Å². The molecule has 0 saturated heterocycles. The maximum Gasteiger partial charge on any atom is 0.277 e. The molecule has 1 N–H and O–H groups in total. The van der Waals surface area contributed by atoms with E-state index in [0.717, 1.165) is 16.9 Å². The van der Waals surface area contributed by atoms with Gasteiger partial charge in [0, 0.05) is 17.1 Å².